The van der Waals surface area contributed by atoms with Gasteiger partial charge in [-0.1, -0.05) is 54.6 Å². The Kier molecular flexibility index (Phi) is 14.3. The van der Waals surface area contributed by atoms with Gasteiger partial charge in [0.2, 0.25) is 12.7 Å². The number of piperazine rings is 1. The van der Waals surface area contributed by atoms with Gasteiger partial charge in [0.1, 0.15) is 0 Å². The minimum Gasteiger partial charge on any atom is -0.415 e. The van der Waals surface area contributed by atoms with E-state index in [9.17, 15) is 9.59 Å². The summed E-state index contributed by atoms with van der Waals surface area (Å²) in [6.07, 6.45) is 5.19. The standard InChI is InChI=1S/C32H35N7O3.C6H6.NO3/c1-23-6-11-28(19-30(23)37-32-34-14-12-29(36-32)27-5-4-13-33-20-27)35-31(41)26-9-7-25(8-10-26)21-38-15-17-39(3,18-16-38)22-42-24(2)40;1-2-4-6-5-3-1;2-1(3)4/h4-14,19-20H,15-18,21-22H2,1-3H3,(H-,34,35,36,37,41);1-6H;/q;;-1/p+1. The molecule has 52 heavy (non-hydrogen) atoms. The average molecular weight is 707 g/mol. The van der Waals surface area contributed by atoms with Crippen LogP contribution in [0.3, 0.4) is 0 Å². The number of nitrogens with one attached hydrogen (secondary N) is 2. The van der Waals surface area contributed by atoms with Gasteiger partial charge in [0, 0.05) is 67.7 Å². The predicted octanol–water partition coefficient (Wildman–Crippen LogP) is 6.07. The number of likely N-dealkylation sites (N-methyl/N-ethyl adjacent to an activating group) is 1. The van der Waals surface area contributed by atoms with Crippen molar-refractivity contribution in [2.45, 2.75) is 20.4 Å². The van der Waals surface area contributed by atoms with Crippen molar-refractivity contribution in [3.63, 3.8) is 0 Å². The van der Waals surface area contributed by atoms with Crippen molar-refractivity contribution in [2.24, 2.45) is 0 Å². The van der Waals surface area contributed by atoms with Gasteiger partial charge in [0.05, 0.1) is 30.9 Å². The molecule has 3 heterocycles. The second-order valence-electron chi connectivity index (χ2n) is 12.3. The van der Waals surface area contributed by atoms with Crippen LogP contribution in [0, 0.1) is 22.2 Å². The van der Waals surface area contributed by atoms with Gasteiger partial charge in [0.15, 0.2) is 0 Å². The predicted molar refractivity (Wildman–Crippen MR) is 199 cm³/mol. The molecule has 3 aromatic carbocycles. The molecule has 0 unspecified atom stereocenters. The Morgan fingerprint density at radius 3 is 2.17 bits per heavy atom. The van der Waals surface area contributed by atoms with Gasteiger partial charge in [-0.05, 0) is 60.5 Å². The summed E-state index contributed by atoms with van der Waals surface area (Å²) in [5, 5.41) is 21.0. The third-order valence-corrected chi connectivity index (χ3v) is 8.14. The van der Waals surface area contributed by atoms with E-state index in [2.05, 4.69) is 37.5 Å². The summed E-state index contributed by atoms with van der Waals surface area (Å²) in [6, 6.07) is 31.1. The number of anilines is 3. The number of hydrogen-bond acceptors (Lipinski definition) is 11. The third kappa shape index (κ3) is 12.9. The third-order valence-electron chi connectivity index (χ3n) is 8.14. The number of aryl methyl sites for hydroxylation is 1. The van der Waals surface area contributed by atoms with E-state index >= 15 is 0 Å². The first kappa shape index (κ1) is 38.6. The number of quaternary nitrogens is 1. The topological polar surface area (TPSA) is 176 Å². The number of amides is 1. The van der Waals surface area contributed by atoms with Gasteiger partial charge >= 0.3 is 5.97 Å². The Labute approximate surface area is 302 Å². The smallest absolute Gasteiger partial charge is 0.306 e. The first-order chi connectivity index (χ1) is 25.0. The average Bonchev–Trinajstić information content (AvgIpc) is 3.15. The van der Waals surface area contributed by atoms with Gasteiger partial charge in [-0.3, -0.25) is 24.0 Å². The summed E-state index contributed by atoms with van der Waals surface area (Å²) in [4.78, 5) is 48.0. The van der Waals surface area contributed by atoms with E-state index in [0.717, 1.165) is 65.3 Å². The van der Waals surface area contributed by atoms with Crippen LogP contribution in [-0.2, 0) is 16.1 Å². The maximum absolute atomic E-state index is 13.0. The molecule has 0 atom stereocenters. The Hall–Kier alpha value is -6.25. The molecule has 2 N–H and O–H groups in total. The zero-order chi connectivity index (χ0) is 37.3. The zero-order valence-electron chi connectivity index (χ0n) is 29.3. The maximum atomic E-state index is 13.0. The van der Waals surface area contributed by atoms with Crippen LogP contribution in [0.2, 0.25) is 0 Å². The number of nitrogens with zero attached hydrogens (tertiary/aromatic N) is 6. The fourth-order valence-electron chi connectivity index (χ4n) is 5.18. The van der Waals surface area contributed by atoms with Gasteiger partial charge < -0.3 is 30.7 Å². The second kappa shape index (κ2) is 19.2. The highest BCUT2D eigenvalue weighted by Gasteiger charge is 2.29. The highest BCUT2D eigenvalue weighted by atomic mass is 16.9. The highest BCUT2D eigenvalue weighted by molar-refractivity contribution is 6.04. The van der Waals surface area contributed by atoms with Crippen LogP contribution in [0.25, 0.3) is 11.3 Å². The van der Waals surface area contributed by atoms with E-state index < -0.39 is 5.09 Å². The van der Waals surface area contributed by atoms with Gasteiger partial charge in [-0.2, -0.15) is 0 Å². The molecule has 1 saturated heterocycles. The number of benzene rings is 3. The molecule has 5 aromatic rings. The maximum Gasteiger partial charge on any atom is 0.306 e. The molecule has 14 nitrogen and oxygen atoms in total. The first-order valence-corrected chi connectivity index (χ1v) is 16.5. The largest absolute Gasteiger partial charge is 0.415 e. The minimum absolute atomic E-state index is 0.178. The molecule has 1 aliphatic heterocycles. The Balaban J connectivity index is 0.000000527. The van der Waals surface area contributed by atoms with Crippen molar-refractivity contribution in [3.8, 4) is 11.3 Å². The van der Waals surface area contributed by atoms with Crippen LogP contribution in [0.4, 0.5) is 17.3 Å². The van der Waals surface area contributed by atoms with E-state index in [0.29, 0.717) is 23.9 Å². The number of rotatable bonds is 9. The van der Waals surface area contributed by atoms with E-state index in [4.69, 9.17) is 20.1 Å². The van der Waals surface area contributed by atoms with Crippen LogP contribution < -0.4 is 10.6 Å². The van der Waals surface area contributed by atoms with Crippen LogP contribution in [0.5, 0.6) is 0 Å². The number of hydrogen-bond donors (Lipinski definition) is 2. The lowest BCUT2D eigenvalue weighted by Gasteiger charge is -2.41. The molecule has 0 radical (unpaired) electrons. The quantitative estimate of drug-likeness (QED) is 0.0787. The first-order valence-electron chi connectivity index (χ1n) is 16.5. The van der Waals surface area contributed by atoms with Gasteiger partial charge in [0.25, 0.3) is 5.91 Å². The van der Waals surface area contributed by atoms with Crippen molar-refractivity contribution in [3.05, 3.63) is 148 Å². The molecule has 0 saturated carbocycles. The summed E-state index contributed by atoms with van der Waals surface area (Å²) in [5.41, 5.74) is 5.88. The normalized spacial score (nSPS) is 13.2. The molecule has 1 fully saturated rings. The van der Waals surface area contributed by atoms with Crippen molar-refractivity contribution >= 4 is 29.2 Å². The van der Waals surface area contributed by atoms with Crippen LogP contribution >= 0.6 is 0 Å². The number of esters is 1. The molecular formula is C38H42N8O6. The van der Waals surface area contributed by atoms with E-state index in [-0.39, 0.29) is 11.9 Å². The molecular weight excluding hydrogens is 664 g/mol. The SMILES string of the molecule is CC(=O)OC[N+]1(C)CCN(Cc2ccc(C(=O)Nc3ccc(C)c(Nc4nccc(-c5cccnc5)n4)c3)cc2)CC1.O=[N+]([O-])[O-].c1ccccc1. The molecule has 2 aromatic heterocycles. The zero-order valence-corrected chi connectivity index (χ0v) is 29.3. The molecule has 1 amide bonds. The number of pyridine rings is 1. The van der Waals surface area contributed by atoms with E-state index in [1.165, 1.54) is 6.92 Å². The second-order valence-corrected chi connectivity index (χ2v) is 12.3. The number of aromatic nitrogens is 3. The van der Waals surface area contributed by atoms with Crippen molar-refractivity contribution in [1.29, 1.82) is 0 Å². The number of carbonyl (C=O) groups is 2. The molecule has 6 rings (SSSR count). The lowest BCUT2D eigenvalue weighted by Crippen LogP contribution is -2.57. The summed E-state index contributed by atoms with van der Waals surface area (Å²) in [5.74, 6) is 0.0424. The monoisotopic (exact) mass is 706 g/mol. The molecule has 0 aliphatic carbocycles. The summed E-state index contributed by atoms with van der Waals surface area (Å²) < 4.78 is 5.97. The lowest BCUT2D eigenvalue weighted by atomic mass is 10.1. The lowest BCUT2D eigenvalue weighted by molar-refractivity contribution is -0.929. The molecule has 1 aliphatic rings. The number of ether oxygens (including phenoxy) is 1. The van der Waals surface area contributed by atoms with Crippen molar-refractivity contribution < 1.29 is 23.9 Å². The molecule has 14 heteroatoms. The highest BCUT2D eigenvalue weighted by Crippen LogP contribution is 2.25. The van der Waals surface area contributed by atoms with Crippen LogP contribution in [-0.4, -0.2) is 81.3 Å². The van der Waals surface area contributed by atoms with Crippen molar-refractivity contribution in [2.75, 3.05) is 50.6 Å². The fourth-order valence-corrected chi connectivity index (χ4v) is 5.18. The molecule has 270 valence electrons. The van der Waals surface area contributed by atoms with Gasteiger partial charge in [-0.25, -0.2) is 9.97 Å². The van der Waals surface area contributed by atoms with Gasteiger partial charge in [-0.15, -0.1) is 0 Å². The van der Waals surface area contributed by atoms with E-state index in [1.54, 1.807) is 18.6 Å². The van der Waals surface area contributed by atoms with Crippen molar-refractivity contribution in [1.82, 2.24) is 19.9 Å². The molecule has 0 bridgehead atoms. The number of carbonyl (C=O) groups excluding carboxylic acids is 2. The summed E-state index contributed by atoms with van der Waals surface area (Å²) in [6.45, 7) is 8.34. The summed E-state index contributed by atoms with van der Waals surface area (Å²) in [7, 11) is 2.12. The summed E-state index contributed by atoms with van der Waals surface area (Å²) >= 11 is 0. The van der Waals surface area contributed by atoms with E-state index in [1.807, 2.05) is 104 Å². The Morgan fingerprint density at radius 2 is 1.58 bits per heavy atom. The Bertz CT molecular complexity index is 1860. The molecule has 0 spiro atoms. The minimum atomic E-state index is -1.75. The van der Waals surface area contributed by atoms with Crippen LogP contribution in [0.15, 0.2) is 116 Å². The Morgan fingerprint density at radius 1 is 0.923 bits per heavy atom. The van der Waals surface area contributed by atoms with Crippen LogP contribution in [0.1, 0.15) is 28.4 Å². The fraction of sp³-hybridized carbons (Fsp3) is 0.237.